The summed E-state index contributed by atoms with van der Waals surface area (Å²) in [7, 11) is 3.90. The van der Waals surface area contributed by atoms with Crippen molar-refractivity contribution in [2.75, 3.05) is 33.3 Å². The number of rotatable bonds is 7. The number of carbonyl (C=O) groups excluding carboxylic acids is 3. The molecule has 2 aromatic rings. The highest BCUT2D eigenvalue weighted by Gasteiger charge is 2.15. The third-order valence-electron chi connectivity index (χ3n) is 3.55. The summed E-state index contributed by atoms with van der Waals surface area (Å²) in [5.74, 6) is -1.18. The van der Waals surface area contributed by atoms with Crippen molar-refractivity contribution in [1.29, 1.82) is 0 Å². The Labute approximate surface area is 166 Å². The van der Waals surface area contributed by atoms with Crippen molar-refractivity contribution in [2.24, 2.45) is 0 Å². The van der Waals surface area contributed by atoms with E-state index < -0.39 is 17.8 Å². The van der Waals surface area contributed by atoms with Gasteiger partial charge in [0, 0.05) is 5.69 Å². The van der Waals surface area contributed by atoms with E-state index in [1.807, 2.05) is 0 Å². The van der Waals surface area contributed by atoms with Gasteiger partial charge in [-0.3, -0.25) is 4.79 Å². The lowest BCUT2D eigenvalue weighted by Gasteiger charge is -2.11. The minimum atomic E-state index is -0.659. The van der Waals surface area contributed by atoms with Gasteiger partial charge in [-0.05, 0) is 36.4 Å². The Bertz CT molecular complexity index is 864. The molecule has 2 rings (SSSR count). The van der Waals surface area contributed by atoms with Crippen molar-refractivity contribution in [3.63, 3.8) is 0 Å². The topological polar surface area (TPSA) is 100 Å². The summed E-state index contributed by atoms with van der Waals surface area (Å²) < 4.78 is 19.7. The SMILES string of the molecule is COC(=O)c1cc(OCC(=O)Nc2ccc(OC)c(Cl)c2)cc(C(=O)OC)c1. The molecule has 0 aliphatic carbocycles. The van der Waals surface area contributed by atoms with Crippen LogP contribution in [-0.4, -0.2) is 45.8 Å². The highest BCUT2D eigenvalue weighted by Crippen LogP contribution is 2.27. The fourth-order valence-electron chi connectivity index (χ4n) is 2.24. The van der Waals surface area contributed by atoms with Gasteiger partial charge in [-0.2, -0.15) is 0 Å². The first-order chi connectivity index (χ1) is 13.4. The Morgan fingerprint density at radius 3 is 2.04 bits per heavy atom. The molecule has 148 valence electrons. The van der Waals surface area contributed by atoms with Crippen LogP contribution in [0, 0.1) is 0 Å². The maximum Gasteiger partial charge on any atom is 0.338 e. The number of anilines is 1. The van der Waals surface area contributed by atoms with Crippen molar-refractivity contribution in [1.82, 2.24) is 0 Å². The van der Waals surface area contributed by atoms with Gasteiger partial charge in [-0.25, -0.2) is 9.59 Å². The van der Waals surface area contributed by atoms with Gasteiger partial charge >= 0.3 is 11.9 Å². The summed E-state index contributed by atoms with van der Waals surface area (Å²) in [4.78, 5) is 35.6. The monoisotopic (exact) mass is 407 g/mol. The first kappa shape index (κ1) is 21.0. The molecule has 1 amide bonds. The molecule has 0 fully saturated rings. The number of hydrogen-bond acceptors (Lipinski definition) is 7. The molecule has 0 bridgehead atoms. The van der Waals surface area contributed by atoms with E-state index in [0.717, 1.165) is 0 Å². The first-order valence-corrected chi connectivity index (χ1v) is 8.33. The number of benzene rings is 2. The minimum absolute atomic E-state index is 0.0859. The average Bonchev–Trinajstić information content (AvgIpc) is 2.70. The number of nitrogens with one attached hydrogen (secondary N) is 1. The second-order valence-electron chi connectivity index (χ2n) is 5.42. The van der Waals surface area contributed by atoms with Crippen molar-refractivity contribution >= 4 is 35.1 Å². The summed E-state index contributed by atoms with van der Waals surface area (Å²) in [5.41, 5.74) is 0.628. The fraction of sp³-hybridized carbons (Fsp3) is 0.211. The molecule has 1 N–H and O–H groups in total. The van der Waals surface area contributed by atoms with Crippen molar-refractivity contribution in [3.05, 3.63) is 52.5 Å². The van der Waals surface area contributed by atoms with Gasteiger partial charge in [0.25, 0.3) is 5.91 Å². The van der Waals surface area contributed by atoms with Crippen LogP contribution in [0.15, 0.2) is 36.4 Å². The molecule has 0 saturated heterocycles. The second kappa shape index (κ2) is 9.61. The molecule has 0 aromatic heterocycles. The van der Waals surface area contributed by atoms with Crippen LogP contribution in [-0.2, 0) is 14.3 Å². The van der Waals surface area contributed by atoms with E-state index in [0.29, 0.717) is 16.5 Å². The number of methoxy groups -OCH3 is 3. The number of amides is 1. The maximum atomic E-state index is 12.1. The predicted octanol–water partition coefficient (Wildman–Crippen LogP) is 2.94. The quantitative estimate of drug-likeness (QED) is 0.704. The van der Waals surface area contributed by atoms with Crippen molar-refractivity contribution in [3.8, 4) is 11.5 Å². The Hall–Kier alpha value is -3.26. The number of carbonyl (C=O) groups is 3. The van der Waals surface area contributed by atoms with E-state index in [1.165, 1.54) is 45.6 Å². The summed E-state index contributed by atoms with van der Waals surface area (Å²) in [6.07, 6.45) is 0. The zero-order valence-corrected chi connectivity index (χ0v) is 16.2. The van der Waals surface area contributed by atoms with Gasteiger partial charge in [0.2, 0.25) is 0 Å². The van der Waals surface area contributed by atoms with Gasteiger partial charge < -0.3 is 24.3 Å². The third kappa shape index (κ3) is 5.37. The van der Waals surface area contributed by atoms with Crippen LogP contribution in [0.25, 0.3) is 0 Å². The van der Waals surface area contributed by atoms with Crippen LogP contribution in [0.3, 0.4) is 0 Å². The fourth-order valence-corrected chi connectivity index (χ4v) is 2.50. The molecule has 0 atom stereocenters. The normalized spacial score (nSPS) is 10.0. The minimum Gasteiger partial charge on any atom is -0.495 e. The summed E-state index contributed by atoms with van der Waals surface area (Å²) in [5, 5.41) is 2.96. The maximum absolute atomic E-state index is 12.1. The highest BCUT2D eigenvalue weighted by molar-refractivity contribution is 6.32. The first-order valence-electron chi connectivity index (χ1n) is 7.95. The summed E-state index contributed by atoms with van der Waals surface area (Å²) in [6.45, 7) is -0.366. The smallest absolute Gasteiger partial charge is 0.338 e. The molecular weight excluding hydrogens is 390 g/mol. The van der Waals surface area contributed by atoms with Crippen molar-refractivity contribution in [2.45, 2.75) is 0 Å². The molecule has 0 radical (unpaired) electrons. The lowest BCUT2D eigenvalue weighted by molar-refractivity contribution is -0.118. The molecule has 0 heterocycles. The van der Waals surface area contributed by atoms with E-state index in [2.05, 4.69) is 14.8 Å². The molecule has 0 spiro atoms. The lowest BCUT2D eigenvalue weighted by Crippen LogP contribution is -2.20. The zero-order valence-electron chi connectivity index (χ0n) is 15.4. The summed E-state index contributed by atoms with van der Waals surface area (Å²) in [6, 6.07) is 8.79. The van der Waals surface area contributed by atoms with E-state index in [4.69, 9.17) is 21.1 Å². The van der Waals surface area contributed by atoms with Gasteiger partial charge in [0.1, 0.15) is 11.5 Å². The molecular formula is C19H18ClNO7. The Kier molecular flexibility index (Phi) is 7.22. The van der Waals surface area contributed by atoms with E-state index in [-0.39, 0.29) is 23.5 Å². The molecule has 0 saturated carbocycles. The van der Waals surface area contributed by atoms with Crippen LogP contribution in [0.2, 0.25) is 5.02 Å². The number of hydrogen-bond donors (Lipinski definition) is 1. The largest absolute Gasteiger partial charge is 0.495 e. The van der Waals surface area contributed by atoms with E-state index in [1.54, 1.807) is 12.1 Å². The van der Waals surface area contributed by atoms with Gasteiger partial charge in [0.15, 0.2) is 6.61 Å². The number of esters is 2. The van der Waals surface area contributed by atoms with Crippen LogP contribution in [0.4, 0.5) is 5.69 Å². The molecule has 2 aromatic carbocycles. The van der Waals surface area contributed by atoms with Crippen LogP contribution in [0.1, 0.15) is 20.7 Å². The molecule has 28 heavy (non-hydrogen) atoms. The zero-order chi connectivity index (χ0) is 20.7. The van der Waals surface area contributed by atoms with Crippen LogP contribution in [0.5, 0.6) is 11.5 Å². The average molecular weight is 408 g/mol. The number of halogens is 1. The summed E-state index contributed by atoms with van der Waals surface area (Å²) >= 11 is 6.01. The van der Waals surface area contributed by atoms with Gasteiger partial charge in [0.05, 0.1) is 37.5 Å². The van der Waals surface area contributed by atoms with E-state index >= 15 is 0 Å². The molecule has 0 unspecified atom stereocenters. The third-order valence-corrected chi connectivity index (χ3v) is 3.85. The predicted molar refractivity (Wildman–Crippen MR) is 101 cm³/mol. The van der Waals surface area contributed by atoms with Gasteiger partial charge in [-0.15, -0.1) is 0 Å². The Morgan fingerprint density at radius 1 is 0.929 bits per heavy atom. The number of ether oxygens (including phenoxy) is 4. The second-order valence-corrected chi connectivity index (χ2v) is 5.82. The van der Waals surface area contributed by atoms with Crippen LogP contribution < -0.4 is 14.8 Å². The molecule has 0 aliphatic heterocycles. The van der Waals surface area contributed by atoms with Gasteiger partial charge in [-0.1, -0.05) is 11.6 Å². The Balaban J connectivity index is 2.10. The van der Waals surface area contributed by atoms with E-state index in [9.17, 15) is 14.4 Å². The highest BCUT2D eigenvalue weighted by atomic mass is 35.5. The van der Waals surface area contributed by atoms with Crippen molar-refractivity contribution < 1.29 is 33.3 Å². The molecule has 8 nitrogen and oxygen atoms in total. The molecule has 0 aliphatic rings. The van der Waals surface area contributed by atoms with Crippen LogP contribution >= 0.6 is 11.6 Å². The standard InChI is InChI=1S/C19H18ClNO7/c1-25-16-5-4-13(9-15(16)20)21-17(22)10-28-14-7-11(18(23)26-2)6-12(8-14)19(24)27-3/h4-9H,10H2,1-3H3,(H,21,22). The molecule has 9 heteroatoms. The Morgan fingerprint density at radius 2 is 1.54 bits per heavy atom. The lowest BCUT2D eigenvalue weighted by atomic mass is 10.1.